The standard InChI is InChI=1S/C60H57N3O/c1-58(2,3)46-28-29-53(49(36-46)41-24-17-12-18-25-41)63-54-27-19-26-48(55(54)62-57(63)50-37-47(59(4,5)6)38-51(56(50)64)60(7,8)9)44-32-43(40-22-15-11-16-23-40)33-45(34-44)52-35-42(30-31-61-52)39-20-13-10-14-21-39/h10-38,64H,1-9H3/i7D3,8D3. The van der Waals surface area contributed by atoms with Crippen molar-refractivity contribution in [3.05, 3.63) is 193 Å². The maximum atomic E-state index is 12.8. The van der Waals surface area contributed by atoms with Gasteiger partial charge in [-0.3, -0.25) is 9.55 Å². The van der Waals surface area contributed by atoms with Gasteiger partial charge in [0.15, 0.2) is 0 Å². The zero-order chi connectivity index (χ0) is 50.0. The second-order valence-corrected chi connectivity index (χ2v) is 19.0. The van der Waals surface area contributed by atoms with Gasteiger partial charge in [0.25, 0.3) is 0 Å². The van der Waals surface area contributed by atoms with Crippen LogP contribution in [0.3, 0.4) is 0 Å². The summed E-state index contributed by atoms with van der Waals surface area (Å²) in [5.74, 6) is -0.130. The monoisotopic (exact) mass is 841 g/mol. The lowest BCUT2D eigenvalue weighted by Crippen LogP contribution is -2.17. The molecular formula is C60H57N3O. The third kappa shape index (κ3) is 8.17. The van der Waals surface area contributed by atoms with Crippen molar-refractivity contribution in [3.8, 4) is 78.6 Å². The summed E-state index contributed by atoms with van der Waals surface area (Å²) in [5, 5.41) is 12.8. The molecule has 9 rings (SSSR count). The Morgan fingerprint density at radius 1 is 0.469 bits per heavy atom. The summed E-state index contributed by atoms with van der Waals surface area (Å²) < 4.78 is 54.3. The van der Waals surface area contributed by atoms with Gasteiger partial charge in [-0.1, -0.05) is 177 Å². The van der Waals surface area contributed by atoms with Crippen LogP contribution in [-0.4, -0.2) is 19.6 Å². The van der Waals surface area contributed by atoms with E-state index in [0.717, 1.165) is 72.5 Å². The lowest BCUT2D eigenvalue weighted by Gasteiger charge is -2.28. The number of rotatable bonds is 7. The minimum absolute atomic E-state index is 0.189. The molecule has 2 heterocycles. The number of imidazole rings is 1. The quantitative estimate of drug-likeness (QED) is 0.174. The number of benzene rings is 7. The summed E-state index contributed by atoms with van der Waals surface area (Å²) in [7, 11) is 0. The highest BCUT2D eigenvalue weighted by Crippen LogP contribution is 2.46. The van der Waals surface area contributed by atoms with Crippen molar-refractivity contribution in [2.45, 2.75) is 78.4 Å². The normalized spacial score (nSPS) is 14.0. The highest BCUT2D eigenvalue weighted by atomic mass is 16.3. The fourth-order valence-corrected chi connectivity index (χ4v) is 8.55. The van der Waals surface area contributed by atoms with Crippen LogP contribution in [0.1, 0.15) is 87.1 Å². The lowest BCUT2D eigenvalue weighted by atomic mass is 9.79. The molecule has 0 spiro atoms. The van der Waals surface area contributed by atoms with Crippen molar-refractivity contribution in [1.29, 1.82) is 0 Å². The largest absolute Gasteiger partial charge is 0.507 e. The topological polar surface area (TPSA) is 50.9 Å². The number of pyridine rings is 1. The molecule has 4 nitrogen and oxygen atoms in total. The third-order valence-electron chi connectivity index (χ3n) is 12.1. The van der Waals surface area contributed by atoms with Gasteiger partial charge < -0.3 is 5.11 Å². The van der Waals surface area contributed by atoms with Gasteiger partial charge in [0.05, 0.1) is 28.0 Å². The van der Waals surface area contributed by atoms with E-state index in [9.17, 15) is 5.11 Å². The average Bonchev–Trinajstić information content (AvgIpc) is 3.72. The summed E-state index contributed by atoms with van der Waals surface area (Å²) in [5.41, 5.74) is 10.0. The predicted octanol–water partition coefficient (Wildman–Crippen LogP) is 16.0. The van der Waals surface area contributed by atoms with Gasteiger partial charge >= 0.3 is 0 Å². The Morgan fingerprint density at radius 2 is 1.06 bits per heavy atom. The van der Waals surface area contributed by atoms with Crippen molar-refractivity contribution in [3.63, 3.8) is 0 Å². The highest BCUT2D eigenvalue weighted by molar-refractivity contribution is 5.98. The van der Waals surface area contributed by atoms with Gasteiger partial charge in [-0.15, -0.1) is 0 Å². The summed E-state index contributed by atoms with van der Waals surface area (Å²) >= 11 is 0. The summed E-state index contributed by atoms with van der Waals surface area (Å²) in [6, 6.07) is 57.0. The number of hydrogen-bond acceptors (Lipinski definition) is 3. The van der Waals surface area contributed by atoms with Crippen LogP contribution >= 0.6 is 0 Å². The molecule has 0 aliphatic heterocycles. The molecule has 7 aromatic carbocycles. The molecule has 318 valence electrons. The average molecular weight is 842 g/mol. The Balaban J connectivity index is 1.40. The zero-order valence-electron chi connectivity index (χ0n) is 43.5. The second-order valence-electron chi connectivity index (χ2n) is 19.0. The molecule has 0 atom stereocenters. The Kier molecular flexibility index (Phi) is 9.00. The minimum Gasteiger partial charge on any atom is -0.507 e. The molecular weight excluding hydrogens is 779 g/mol. The Labute approximate surface area is 387 Å². The molecule has 0 amide bonds. The number of phenolic OH excluding ortho intramolecular Hbond substituents is 1. The number of aromatic nitrogens is 3. The second kappa shape index (κ2) is 16.3. The molecule has 0 bridgehead atoms. The van der Waals surface area contributed by atoms with Crippen molar-refractivity contribution < 1.29 is 13.3 Å². The molecule has 4 heteroatoms. The number of para-hydroxylation sites is 1. The predicted molar refractivity (Wildman–Crippen MR) is 269 cm³/mol. The molecule has 9 aromatic rings. The van der Waals surface area contributed by atoms with E-state index >= 15 is 0 Å². The van der Waals surface area contributed by atoms with Crippen LogP contribution < -0.4 is 0 Å². The lowest BCUT2D eigenvalue weighted by molar-refractivity contribution is 0.446. The first kappa shape index (κ1) is 35.4. The van der Waals surface area contributed by atoms with Crippen LogP contribution in [0.2, 0.25) is 0 Å². The molecule has 0 fully saturated rings. The van der Waals surface area contributed by atoms with Crippen molar-refractivity contribution in [1.82, 2.24) is 14.5 Å². The van der Waals surface area contributed by atoms with E-state index in [1.54, 1.807) is 6.07 Å². The van der Waals surface area contributed by atoms with Gasteiger partial charge in [-0.2, -0.15) is 0 Å². The van der Waals surface area contributed by atoms with Gasteiger partial charge in [0.1, 0.15) is 11.6 Å². The maximum absolute atomic E-state index is 12.8. The molecule has 0 aliphatic rings. The number of nitrogens with zero attached hydrogens (tertiary/aromatic N) is 3. The van der Waals surface area contributed by atoms with Crippen molar-refractivity contribution in [2.75, 3.05) is 0 Å². The Morgan fingerprint density at radius 3 is 1.70 bits per heavy atom. The zero-order valence-corrected chi connectivity index (χ0v) is 37.5. The van der Waals surface area contributed by atoms with E-state index in [4.69, 9.17) is 18.2 Å². The number of phenols is 1. The van der Waals surface area contributed by atoms with Crippen LogP contribution in [0.15, 0.2) is 176 Å². The van der Waals surface area contributed by atoms with Crippen LogP contribution in [-0.2, 0) is 16.2 Å². The fraction of sp³-hybridized carbons (Fsp3) is 0.200. The highest BCUT2D eigenvalue weighted by Gasteiger charge is 2.30. The van der Waals surface area contributed by atoms with Crippen molar-refractivity contribution >= 4 is 11.0 Å². The molecule has 64 heavy (non-hydrogen) atoms. The first-order valence-corrected chi connectivity index (χ1v) is 21.9. The van der Waals surface area contributed by atoms with Crippen LogP contribution in [0.5, 0.6) is 5.75 Å². The Bertz CT molecular complexity index is 3370. The van der Waals surface area contributed by atoms with Gasteiger partial charge in [-0.05, 0) is 115 Å². The maximum Gasteiger partial charge on any atom is 0.149 e. The molecule has 0 unspecified atom stereocenters. The molecule has 0 saturated carbocycles. The molecule has 0 aliphatic carbocycles. The first-order valence-electron chi connectivity index (χ1n) is 24.9. The molecule has 0 radical (unpaired) electrons. The SMILES string of the molecule is [2H]C([2H])([2H])C(C)(c1cc(C(C)(C)C)cc(-c2nc3c(-c4cc(-c5ccccc5)cc(-c5cc(-c6ccccc6)ccn5)c4)cccc3n2-c2ccc(C(C)(C)C)cc2-c2ccccc2)c1O)C([2H])([2H])[2H]. The van der Waals surface area contributed by atoms with Crippen LogP contribution in [0, 0.1) is 0 Å². The van der Waals surface area contributed by atoms with E-state index in [2.05, 4.69) is 99.6 Å². The number of fused-ring (bicyclic) bond motifs is 1. The Hall–Kier alpha value is -7.04. The van der Waals surface area contributed by atoms with E-state index in [0.29, 0.717) is 16.9 Å². The fourth-order valence-electron chi connectivity index (χ4n) is 8.55. The number of hydrogen-bond donors (Lipinski definition) is 1. The van der Waals surface area contributed by atoms with E-state index in [1.807, 2.05) is 116 Å². The van der Waals surface area contributed by atoms with Gasteiger partial charge in [0.2, 0.25) is 0 Å². The summed E-state index contributed by atoms with van der Waals surface area (Å²) in [6.07, 6.45) is 1.84. The molecule has 1 N–H and O–H groups in total. The molecule has 0 saturated heterocycles. The molecule has 2 aromatic heterocycles. The van der Waals surface area contributed by atoms with E-state index in [1.165, 1.54) is 6.92 Å². The van der Waals surface area contributed by atoms with Gasteiger partial charge in [-0.25, -0.2) is 4.98 Å². The van der Waals surface area contributed by atoms with Crippen LogP contribution in [0.25, 0.3) is 83.9 Å². The summed E-state index contributed by atoms with van der Waals surface area (Å²) in [4.78, 5) is 10.4. The number of aromatic hydroxyl groups is 1. The third-order valence-corrected chi connectivity index (χ3v) is 12.1. The first-order chi connectivity index (χ1) is 33.0. The van der Waals surface area contributed by atoms with E-state index in [-0.39, 0.29) is 16.5 Å². The van der Waals surface area contributed by atoms with E-state index < -0.39 is 30.3 Å². The van der Waals surface area contributed by atoms with Gasteiger partial charge in [0, 0.05) is 36.7 Å². The minimum atomic E-state index is -3.03. The van der Waals surface area contributed by atoms with Crippen molar-refractivity contribution in [2.24, 2.45) is 0 Å². The van der Waals surface area contributed by atoms with Crippen LogP contribution in [0.4, 0.5) is 0 Å². The smallest absolute Gasteiger partial charge is 0.149 e. The summed E-state index contributed by atoms with van der Waals surface area (Å²) in [6.45, 7) is 7.63.